The Morgan fingerprint density at radius 1 is 1.15 bits per heavy atom. The maximum Gasteiger partial charge on any atom is 0.300 e. The van der Waals surface area contributed by atoms with E-state index in [9.17, 15) is 23.5 Å². The first kappa shape index (κ1) is 23.6. The van der Waals surface area contributed by atoms with Crippen LogP contribution in [0.15, 0.2) is 59.5 Å². The molecule has 176 valence electrons. The Hall–Kier alpha value is -3.52. The highest BCUT2D eigenvalue weighted by molar-refractivity contribution is 7.10. The van der Waals surface area contributed by atoms with E-state index in [1.54, 1.807) is 35.7 Å². The zero-order valence-electron chi connectivity index (χ0n) is 18.8. The van der Waals surface area contributed by atoms with E-state index in [-0.39, 0.29) is 22.9 Å². The quantitative estimate of drug-likeness (QED) is 0.259. The number of hydrogen-bond donors (Lipinski definition) is 1. The number of nitrogens with zero attached hydrogens (tertiary/aromatic N) is 1. The van der Waals surface area contributed by atoms with Crippen molar-refractivity contribution >= 4 is 34.5 Å². The van der Waals surface area contributed by atoms with Crippen LogP contribution in [0.4, 0.5) is 14.5 Å². The van der Waals surface area contributed by atoms with Gasteiger partial charge in [0.15, 0.2) is 0 Å². The second-order valence-corrected chi connectivity index (χ2v) is 9.10. The Morgan fingerprint density at radius 3 is 2.56 bits per heavy atom. The molecule has 0 bridgehead atoms. The summed E-state index contributed by atoms with van der Waals surface area (Å²) in [6.07, 6.45) is 0. The van der Waals surface area contributed by atoms with E-state index in [2.05, 4.69) is 0 Å². The van der Waals surface area contributed by atoms with Gasteiger partial charge in [-0.05, 0) is 60.2 Å². The maximum atomic E-state index is 14.7. The van der Waals surface area contributed by atoms with E-state index < -0.39 is 29.4 Å². The molecule has 0 spiro atoms. The molecule has 8 heteroatoms. The highest BCUT2D eigenvalue weighted by atomic mass is 32.1. The smallest absolute Gasteiger partial charge is 0.300 e. The van der Waals surface area contributed by atoms with Gasteiger partial charge in [0.05, 0.1) is 17.9 Å². The third-order valence-corrected chi connectivity index (χ3v) is 6.55. The third-order valence-electron chi connectivity index (χ3n) is 5.63. The van der Waals surface area contributed by atoms with Crippen LogP contribution >= 0.6 is 11.3 Å². The largest absolute Gasteiger partial charge is 0.507 e. The third kappa shape index (κ3) is 4.09. The van der Waals surface area contributed by atoms with Crippen LogP contribution in [0.25, 0.3) is 5.76 Å². The van der Waals surface area contributed by atoms with Gasteiger partial charge in [-0.1, -0.05) is 19.9 Å². The number of hydrogen-bond acceptors (Lipinski definition) is 5. The summed E-state index contributed by atoms with van der Waals surface area (Å²) in [5.74, 6) is -3.29. The monoisotopic (exact) mass is 483 g/mol. The number of halogens is 2. The number of benzene rings is 2. The lowest BCUT2D eigenvalue weighted by Gasteiger charge is -2.24. The first-order chi connectivity index (χ1) is 16.2. The van der Waals surface area contributed by atoms with Crippen LogP contribution in [0, 0.1) is 11.6 Å². The summed E-state index contributed by atoms with van der Waals surface area (Å²) >= 11 is 1.24. The molecule has 1 aromatic heterocycles. The van der Waals surface area contributed by atoms with Gasteiger partial charge in [0.2, 0.25) is 0 Å². The van der Waals surface area contributed by atoms with E-state index in [4.69, 9.17) is 4.74 Å². The summed E-state index contributed by atoms with van der Waals surface area (Å²) in [6, 6.07) is 10.0. The number of amides is 1. The number of aliphatic hydroxyl groups is 1. The fraction of sp³-hybridized carbons (Fsp3) is 0.231. The van der Waals surface area contributed by atoms with Gasteiger partial charge in [0, 0.05) is 16.5 Å². The van der Waals surface area contributed by atoms with E-state index >= 15 is 0 Å². The van der Waals surface area contributed by atoms with Crippen molar-refractivity contribution in [3.05, 3.63) is 87.1 Å². The van der Waals surface area contributed by atoms with E-state index in [0.29, 0.717) is 22.8 Å². The van der Waals surface area contributed by atoms with Crippen molar-refractivity contribution < 1.29 is 28.2 Å². The highest BCUT2D eigenvalue weighted by Crippen LogP contribution is 2.44. The van der Waals surface area contributed by atoms with Crippen LogP contribution in [0.2, 0.25) is 0 Å². The number of rotatable bonds is 6. The molecule has 1 unspecified atom stereocenters. The van der Waals surface area contributed by atoms with Crippen molar-refractivity contribution in [1.29, 1.82) is 0 Å². The number of thiophene rings is 1. The topological polar surface area (TPSA) is 66.8 Å². The van der Waals surface area contributed by atoms with Crippen molar-refractivity contribution in [3.63, 3.8) is 0 Å². The number of Topliss-reactive ketones (excluding diaryl/α,β-unsaturated/α-hetero) is 1. The molecule has 1 saturated heterocycles. The van der Waals surface area contributed by atoms with Gasteiger partial charge in [-0.15, -0.1) is 11.3 Å². The molecular formula is C26H23F2NO4S. The Balaban J connectivity index is 1.93. The number of ketones is 1. The molecule has 1 N–H and O–H groups in total. The predicted molar refractivity (Wildman–Crippen MR) is 127 cm³/mol. The Bertz CT molecular complexity index is 1280. The predicted octanol–water partition coefficient (Wildman–Crippen LogP) is 6.17. The van der Waals surface area contributed by atoms with Gasteiger partial charge in [-0.25, -0.2) is 8.78 Å². The molecule has 1 aliphatic rings. The Kier molecular flexibility index (Phi) is 6.52. The standard InChI is InChI=1S/C26H23F2NO4S/c1-4-33-20-10-7-15(12-17(20)14(2)3)24(30)22-23(21-6-5-11-34-21)29(26(32)25(22)31)19-13-16(27)8-9-18(19)28/h5-14,23,30H,4H2,1-3H3/b24-22-. The summed E-state index contributed by atoms with van der Waals surface area (Å²) in [7, 11) is 0. The maximum absolute atomic E-state index is 14.7. The molecule has 4 rings (SSSR count). The zero-order valence-corrected chi connectivity index (χ0v) is 19.7. The summed E-state index contributed by atoms with van der Waals surface area (Å²) in [4.78, 5) is 27.7. The fourth-order valence-electron chi connectivity index (χ4n) is 4.06. The molecule has 2 aromatic carbocycles. The van der Waals surface area contributed by atoms with Gasteiger partial charge in [-0.3, -0.25) is 14.5 Å². The first-order valence-corrected chi connectivity index (χ1v) is 11.7. The van der Waals surface area contributed by atoms with Crippen LogP contribution in [0.3, 0.4) is 0 Å². The zero-order chi connectivity index (χ0) is 24.6. The molecular weight excluding hydrogens is 460 g/mol. The van der Waals surface area contributed by atoms with Gasteiger partial charge in [0.25, 0.3) is 11.7 Å². The lowest BCUT2D eigenvalue weighted by Crippen LogP contribution is -2.30. The van der Waals surface area contributed by atoms with E-state index in [1.807, 2.05) is 20.8 Å². The SMILES string of the molecule is CCOc1ccc(/C(O)=C2/C(=O)C(=O)N(c3cc(F)ccc3F)C2c2cccs2)cc1C(C)C. The molecule has 3 aromatic rings. The summed E-state index contributed by atoms with van der Waals surface area (Å²) < 4.78 is 34.3. The molecule has 1 aliphatic heterocycles. The second kappa shape index (κ2) is 9.38. The van der Waals surface area contributed by atoms with Crippen LogP contribution in [0.5, 0.6) is 5.75 Å². The molecule has 0 radical (unpaired) electrons. The fourth-order valence-corrected chi connectivity index (χ4v) is 4.88. The Morgan fingerprint density at radius 2 is 1.91 bits per heavy atom. The van der Waals surface area contributed by atoms with Gasteiger partial charge >= 0.3 is 0 Å². The number of carbonyl (C=O) groups excluding carboxylic acids is 2. The summed E-state index contributed by atoms with van der Waals surface area (Å²) in [6.45, 7) is 6.28. The molecule has 1 fully saturated rings. The van der Waals surface area contributed by atoms with Gasteiger partial charge < -0.3 is 9.84 Å². The van der Waals surface area contributed by atoms with E-state index in [0.717, 1.165) is 28.7 Å². The minimum Gasteiger partial charge on any atom is -0.507 e. The Labute approximate surface area is 199 Å². The minimum absolute atomic E-state index is 0.0613. The molecule has 0 aliphatic carbocycles. The number of ether oxygens (including phenoxy) is 1. The lowest BCUT2D eigenvalue weighted by molar-refractivity contribution is -0.132. The van der Waals surface area contributed by atoms with Crippen LogP contribution in [-0.4, -0.2) is 23.4 Å². The molecule has 0 saturated carbocycles. The number of anilines is 1. The van der Waals surface area contributed by atoms with Crippen molar-refractivity contribution in [2.24, 2.45) is 0 Å². The van der Waals surface area contributed by atoms with Crippen LogP contribution in [-0.2, 0) is 9.59 Å². The average Bonchev–Trinajstić information content (AvgIpc) is 3.42. The van der Waals surface area contributed by atoms with Crippen LogP contribution < -0.4 is 9.64 Å². The molecule has 34 heavy (non-hydrogen) atoms. The van der Waals surface area contributed by atoms with Crippen molar-refractivity contribution in [2.75, 3.05) is 11.5 Å². The highest BCUT2D eigenvalue weighted by Gasteiger charge is 2.48. The van der Waals surface area contributed by atoms with Crippen molar-refractivity contribution in [2.45, 2.75) is 32.7 Å². The van der Waals surface area contributed by atoms with Gasteiger partial charge in [-0.2, -0.15) is 0 Å². The number of aliphatic hydroxyl groups excluding tert-OH is 1. The lowest BCUT2D eigenvalue weighted by atomic mass is 9.95. The number of carbonyl (C=O) groups is 2. The minimum atomic E-state index is -1.11. The van der Waals surface area contributed by atoms with Crippen molar-refractivity contribution in [1.82, 2.24) is 0 Å². The van der Waals surface area contributed by atoms with E-state index in [1.165, 1.54) is 11.3 Å². The normalized spacial score (nSPS) is 17.6. The average molecular weight is 484 g/mol. The first-order valence-electron chi connectivity index (χ1n) is 10.8. The second-order valence-electron chi connectivity index (χ2n) is 8.12. The molecule has 1 amide bonds. The van der Waals surface area contributed by atoms with Crippen molar-refractivity contribution in [3.8, 4) is 5.75 Å². The van der Waals surface area contributed by atoms with Gasteiger partial charge in [0.1, 0.15) is 29.2 Å². The summed E-state index contributed by atoms with van der Waals surface area (Å²) in [5.41, 5.74) is 0.597. The molecule has 1 atom stereocenters. The molecule has 5 nitrogen and oxygen atoms in total. The molecule has 2 heterocycles. The summed E-state index contributed by atoms with van der Waals surface area (Å²) in [5, 5.41) is 13.0. The van der Waals surface area contributed by atoms with Crippen LogP contribution in [0.1, 0.15) is 48.7 Å².